The summed E-state index contributed by atoms with van der Waals surface area (Å²) < 4.78 is 35.3. The molecule has 1 N–H and O–H groups in total. The molecule has 0 aliphatic carbocycles. The van der Waals surface area contributed by atoms with Crippen LogP contribution in [0.15, 0.2) is 24.3 Å². The molecule has 0 saturated carbocycles. The fraction of sp³-hybridized carbons (Fsp3) is 0.912. The highest BCUT2D eigenvalue weighted by Crippen LogP contribution is 2.43. The number of phosphoric ester groups is 1. The number of hydrogen-bond donors (Lipinski definition) is 1. The minimum atomic E-state index is -4.28. The van der Waals surface area contributed by atoms with E-state index in [0.717, 1.165) is 38.5 Å². The maximum Gasteiger partial charge on any atom is 0.472 e. The number of carbonyl (C=O) groups is 1. The Labute approximate surface area is 411 Å². The predicted molar refractivity (Wildman–Crippen MR) is 284 cm³/mol. The highest BCUT2D eigenvalue weighted by Gasteiger charge is 2.26. The molecule has 0 rings (SSSR count). The van der Waals surface area contributed by atoms with Gasteiger partial charge in [0.05, 0.1) is 34.4 Å². The quantitative estimate of drug-likeness (QED) is 0.0213. The molecule has 0 aromatic rings. The van der Waals surface area contributed by atoms with Gasteiger partial charge in [0, 0.05) is 13.0 Å². The lowest BCUT2D eigenvalue weighted by Crippen LogP contribution is -2.37. The predicted octanol–water partition coefficient (Wildman–Crippen LogP) is 17.9. The molecule has 0 heterocycles. The van der Waals surface area contributed by atoms with Crippen molar-refractivity contribution in [3.63, 3.8) is 0 Å². The van der Waals surface area contributed by atoms with Crippen molar-refractivity contribution >= 4 is 13.8 Å². The van der Waals surface area contributed by atoms with Gasteiger partial charge in [-0.2, -0.15) is 0 Å². The van der Waals surface area contributed by atoms with Crippen molar-refractivity contribution < 1.29 is 37.3 Å². The molecule has 0 aromatic heterocycles. The number of esters is 1. The van der Waals surface area contributed by atoms with Crippen LogP contribution in [0.1, 0.15) is 277 Å². The van der Waals surface area contributed by atoms with Crippen molar-refractivity contribution in [3.8, 4) is 0 Å². The van der Waals surface area contributed by atoms with E-state index in [-0.39, 0.29) is 25.8 Å². The molecule has 66 heavy (non-hydrogen) atoms. The molecular weight excluding hydrogens is 842 g/mol. The summed E-state index contributed by atoms with van der Waals surface area (Å²) in [6, 6.07) is 0. The van der Waals surface area contributed by atoms with Crippen molar-refractivity contribution in [2.75, 3.05) is 54.1 Å². The Hall–Kier alpha value is -1.02. The summed E-state index contributed by atoms with van der Waals surface area (Å²) in [6.07, 6.45) is 60.9. The summed E-state index contributed by atoms with van der Waals surface area (Å²) in [7, 11) is 1.68. The molecular formula is C57H113NO7P+. The summed E-state index contributed by atoms with van der Waals surface area (Å²) in [5.74, 6) is -0.307. The summed E-state index contributed by atoms with van der Waals surface area (Å²) >= 11 is 0. The smallest absolute Gasteiger partial charge is 0.457 e. The standard InChI is InChI=1S/C57H112NO7P/c1-6-8-10-12-14-16-18-20-22-24-26-27-28-29-30-31-32-33-35-37-39-41-43-45-47-49-52-62-54-56(55-64-66(60,61)63-53-51-58(3,4)5)65-57(59)50-48-46-44-42-40-38-36-34-25-23-21-19-17-15-13-11-9-7-2/h18,20,24,26,56H,6-17,19,21-23,25,27-55H2,1-5H3/p+1/b20-18-,26-24-. The van der Waals surface area contributed by atoms with Crippen LogP contribution in [0.2, 0.25) is 0 Å². The van der Waals surface area contributed by atoms with E-state index >= 15 is 0 Å². The number of ether oxygens (including phenoxy) is 2. The van der Waals surface area contributed by atoms with Crippen molar-refractivity contribution in [2.24, 2.45) is 0 Å². The molecule has 0 aliphatic heterocycles. The van der Waals surface area contributed by atoms with Crippen molar-refractivity contribution in [1.82, 2.24) is 0 Å². The Morgan fingerprint density at radius 2 is 0.833 bits per heavy atom. The van der Waals surface area contributed by atoms with E-state index in [4.69, 9.17) is 18.5 Å². The lowest BCUT2D eigenvalue weighted by atomic mass is 10.0. The van der Waals surface area contributed by atoms with Crippen molar-refractivity contribution in [1.29, 1.82) is 0 Å². The van der Waals surface area contributed by atoms with E-state index in [1.165, 1.54) is 218 Å². The fourth-order valence-electron chi connectivity index (χ4n) is 8.35. The Morgan fingerprint density at radius 1 is 0.470 bits per heavy atom. The van der Waals surface area contributed by atoms with Crippen molar-refractivity contribution in [2.45, 2.75) is 283 Å². The third-order valence-electron chi connectivity index (χ3n) is 12.8. The Balaban J connectivity index is 4.02. The molecule has 8 nitrogen and oxygen atoms in total. The van der Waals surface area contributed by atoms with Crippen LogP contribution in [-0.4, -0.2) is 75.6 Å². The van der Waals surface area contributed by atoms with E-state index < -0.39 is 13.9 Å². The zero-order valence-electron chi connectivity index (χ0n) is 44.7. The highest BCUT2D eigenvalue weighted by atomic mass is 31.2. The molecule has 0 saturated heterocycles. The molecule has 0 amide bonds. The van der Waals surface area contributed by atoms with Gasteiger partial charge in [-0.3, -0.25) is 13.8 Å². The van der Waals surface area contributed by atoms with E-state index in [0.29, 0.717) is 24.1 Å². The first kappa shape index (κ1) is 65.0. The Kier molecular flexibility index (Phi) is 49.6. The van der Waals surface area contributed by atoms with E-state index in [1.54, 1.807) is 0 Å². The summed E-state index contributed by atoms with van der Waals surface area (Å²) in [5, 5.41) is 0. The van der Waals surface area contributed by atoms with Gasteiger partial charge in [-0.1, -0.05) is 250 Å². The number of likely N-dealkylation sites (N-methyl/N-ethyl adjacent to an activating group) is 1. The van der Waals surface area contributed by atoms with E-state index in [1.807, 2.05) is 21.1 Å². The molecule has 0 aliphatic rings. The first-order valence-corrected chi connectivity index (χ1v) is 30.1. The van der Waals surface area contributed by atoms with Crippen LogP contribution in [0.4, 0.5) is 0 Å². The van der Waals surface area contributed by atoms with Gasteiger partial charge in [0.2, 0.25) is 0 Å². The SMILES string of the molecule is CCCCCCC/C=C\C/C=C\CCCCCCCCCCCCCCCCOCC(COP(=O)(O)OCC[N+](C)(C)C)OC(=O)CCCCCCCCCCCCCCCCCCCC. The lowest BCUT2D eigenvalue weighted by molar-refractivity contribution is -0.870. The average Bonchev–Trinajstić information content (AvgIpc) is 3.28. The molecule has 2 atom stereocenters. The fourth-order valence-corrected chi connectivity index (χ4v) is 9.09. The topological polar surface area (TPSA) is 91.3 Å². The number of phosphoric acid groups is 1. The average molecular weight is 956 g/mol. The third kappa shape index (κ3) is 53.9. The maximum absolute atomic E-state index is 12.8. The number of hydrogen-bond acceptors (Lipinski definition) is 6. The molecule has 0 fully saturated rings. The Morgan fingerprint density at radius 3 is 1.23 bits per heavy atom. The van der Waals surface area contributed by atoms with Crippen LogP contribution in [0, 0.1) is 0 Å². The summed E-state index contributed by atoms with van der Waals surface area (Å²) in [5.41, 5.74) is 0. The van der Waals surface area contributed by atoms with Gasteiger partial charge in [0.15, 0.2) is 0 Å². The second kappa shape index (κ2) is 50.4. The zero-order valence-corrected chi connectivity index (χ0v) is 45.6. The first-order chi connectivity index (χ1) is 32.1. The first-order valence-electron chi connectivity index (χ1n) is 28.6. The molecule has 0 radical (unpaired) electrons. The largest absolute Gasteiger partial charge is 0.472 e. The number of rotatable bonds is 54. The van der Waals surface area contributed by atoms with Crippen LogP contribution in [0.3, 0.4) is 0 Å². The van der Waals surface area contributed by atoms with Gasteiger partial charge >= 0.3 is 13.8 Å². The normalized spacial score (nSPS) is 13.6. The zero-order chi connectivity index (χ0) is 48.3. The van der Waals surface area contributed by atoms with E-state index in [9.17, 15) is 14.3 Å². The minimum Gasteiger partial charge on any atom is -0.457 e. The van der Waals surface area contributed by atoms with Crippen molar-refractivity contribution in [3.05, 3.63) is 24.3 Å². The second-order valence-corrected chi connectivity index (χ2v) is 22.1. The molecule has 0 bridgehead atoms. The number of carbonyl (C=O) groups excluding carboxylic acids is 1. The third-order valence-corrected chi connectivity index (χ3v) is 13.7. The molecule has 0 aromatic carbocycles. The molecule has 9 heteroatoms. The van der Waals surface area contributed by atoms with Crippen LogP contribution in [0.25, 0.3) is 0 Å². The number of nitrogens with zero attached hydrogens (tertiary/aromatic N) is 1. The van der Waals surface area contributed by atoms with Crippen LogP contribution in [0.5, 0.6) is 0 Å². The van der Waals surface area contributed by atoms with Gasteiger partial charge in [-0.15, -0.1) is 0 Å². The van der Waals surface area contributed by atoms with Gasteiger partial charge in [0.25, 0.3) is 0 Å². The van der Waals surface area contributed by atoms with Gasteiger partial charge in [-0.25, -0.2) is 4.57 Å². The number of quaternary nitrogens is 1. The van der Waals surface area contributed by atoms with Gasteiger partial charge < -0.3 is 18.9 Å². The molecule has 2 unspecified atom stereocenters. The van der Waals surface area contributed by atoms with Gasteiger partial charge in [-0.05, 0) is 44.9 Å². The highest BCUT2D eigenvalue weighted by molar-refractivity contribution is 7.47. The monoisotopic (exact) mass is 955 g/mol. The second-order valence-electron chi connectivity index (χ2n) is 20.7. The number of allylic oxidation sites excluding steroid dienone is 4. The minimum absolute atomic E-state index is 0.0917. The van der Waals surface area contributed by atoms with Crippen LogP contribution < -0.4 is 0 Å². The van der Waals surface area contributed by atoms with E-state index in [2.05, 4.69) is 38.2 Å². The summed E-state index contributed by atoms with van der Waals surface area (Å²) in [6.45, 7) is 5.68. The van der Waals surface area contributed by atoms with Crippen LogP contribution >= 0.6 is 7.82 Å². The molecule has 0 spiro atoms. The van der Waals surface area contributed by atoms with Crippen LogP contribution in [-0.2, 0) is 27.9 Å². The molecule has 392 valence electrons. The van der Waals surface area contributed by atoms with Gasteiger partial charge in [0.1, 0.15) is 19.3 Å². The maximum atomic E-state index is 12.8. The lowest BCUT2D eigenvalue weighted by Gasteiger charge is -2.24. The summed E-state index contributed by atoms with van der Waals surface area (Å²) in [4.78, 5) is 23.1. The Bertz CT molecular complexity index is 1110. The number of unbranched alkanes of at least 4 members (excludes halogenated alkanes) is 36.